The molecule has 1 aliphatic rings. The predicted molar refractivity (Wildman–Crippen MR) is 102 cm³/mol. The van der Waals surface area contributed by atoms with Gasteiger partial charge >= 0.3 is 0 Å². The first-order chi connectivity index (χ1) is 12.9. The SMILES string of the molecule is CN(C)S(=O)(=O)N1CCCC(C(=O)NCc2ccc(-n3ccnc3)cc2)C1. The van der Waals surface area contributed by atoms with Crippen molar-refractivity contribution in [3.05, 3.63) is 48.5 Å². The van der Waals surface area contributed by atoms with E-state index >= 15 is 0 Å². The predicted octanol–water partition coefficient (Wildman–Crippen LogP) is 1.01. The number of piperidine rings is 1. The molecule has 0 saturated carbocycles. The summed E-state index contributed by atoms with van der Waals surface area (Å²) in [5.74, 6) is -0.425. The number of benzene rings is 1. The van der Waals surface area contributed by atoms with Crippen molar-refractivity contribution >= 4 is 16.1 Å². The first kappa shape index (κ1) is 19.5. The number of nitrogens with one attached hydrogen (secondary N) is 1. The Morgan fingerprint density at radius 2 is 2.04 bits per heavy atom. The van der Waals surface area contributed by atoms with Gasteiger partial charge in [-0.3, -0.25) is 4.79 Å². The maximum Gasteiger partial charge on any atom is 0.281 e. The molecule has 1 unspecified atom stereocenters. The summed E-state index contributed by atoms with van der Waals surface area (Å²) in [5, 5.41) is 2.93. The van der Waals surface area contributed by atoms with Crippen LogP contribution in [0.1, 0.15) is 18.4 Å². The zero-order valence-corrected chi connectivity index (χ0v) is 16.4. The molecule has 0 bridgehead atoms. The van der Waals surface area contributed by atoms with E-state index in [9.17, 15) is 13.2 Å². The van der Waals surface area contributed by atoms with Gasteiger partial charge in [-0.05, 0) is 30.5 Å². The van der Waals surface area contributed by atoms with Gasteiger partial charge in [-0.1, -0.05) is 12.1 Å². The van der Waals surface area contributed by atoms with Crippen molar-refractivity contribution in [1.82, 2.24) is 23.5 Å². The molecule has 1 aliphatic heterocycles. The average Bonchev–Trinajstić information content (AvgIpc) is 3.21. The lowest BCUT2D eigenvalue weighted by Gasteiger charge is -2.32. The summed E-state index contributed by atoms with van der Waals surface area (Å²) in [7, 11) is -0.468. The second-order valence-electron chi connectivity index (χ2n) is 6.84. The quantitative estimate of drug-likeness (QED) is 0.796. The van der Waals surface area contributed by atoms with Crippen molar-refractivity contribution in [1.29, 1.82) is 0 Å². The number of rotatable bonds is 6. The molecule has 1 aromatic heterocycles. The Hall–Kier alpha value is -2.23. The van der Waals surface area contributed by atoms with E-state index in [1.165, 1.54) is 22.7 Å². The highest BCUT2D eigenvalue weighted by atomic mass is 32.2. The monoisotopic (exact) mass is 391 g/mol. The number of imidazole rings is 1. The largest absolute Gasteiger partial charge is 0.352 e. The molecule has 2 heterocycles. The van der Waals surface area contributed by atoms with Gasteiger partial charge in [-0.15, -0.1) is 0 Å². The van der Waals surface area contributed by atoms with E-state index in [2.05, 4.69) is 10.3 Å². The summed E-state index contributed by atoms with van der Waals surface area (Å²) < 4.78 is 29.0. The molecule has 0 spiro atoms. The molecule has 1 saturated heterocycles. The Kier molecular flexibility index (Phi) is 5.93. The molecule has 27 heavy (non-hydrogen) atoms. The standard InChI is InChI=1S/C18H25N5O3S/c1-21(2)27(25,26)23-10-3-4-16(13-23)18(24)20-12-15-5-7-17(8-6-15)22-11-9-19-14-22/h5-9,11,14,16H,3-4,10,12-13H2,1-2H3,(H,20,24). The van der Waals surface area contributed by atoms with Crippen molar-refractivity contribution in [3.63, 3.8) is 0 Å². The van der Waals surface area contributed by atoms with Crippen molar-refractivity contribution in [2.24, 2.45) is 5.92 Å². The Morgan fingerprint density at radius 3 is 2.67 bits per heavy atom. The lowest BCUT2D eigenvalue weighted by molar-refractivity contribution is -0.126. The van der Waals surface area contributed by atoms with Crippen molar-refractivity contribution in [2.45, 2.75) is 19.4 Å². The number of hydrogen-bond acceptors (Lipinski definition) is 4. The normalized spacial score (nSPS) is 18.6. The highest BCUT2D eigenvalue weighted by Gasteiger charge is 2.33. The molecular weight excluding hydrogens is 366 g/mol. The smallest absolute Gasteiger partial charge is 0.281 e. The molecule has 1 N–H and O–H groups in total. The lowest BCUT2D eigenvalue weighted by Crippen LogP contribution is -2.48. The summed E-state index contributed by atoms with van der Waals surface area (Å²) in [6.45, 7) is 1.10. The van der Waals surface area contributed by atoms with Crippen LogP contribution in [0.5, 0.6) is 0 Å². The van der Waals surface area contributed by atoms with Gasteiger partial charge in [-0.2, -0.15) is 17.0 Å². The summed E-state index contributed by atoms with van der Waals surface area (Å²) in [5.41, 5.74) is 1.99. The highest BCUT2D eigenvalue weighted by molar-refractivity contribution is 7.86. The summed E-state index contributed by atoms with van der Waals surface area (Å²) >= 11 is 0. The molecule has 1 fully saturated rings. The minimum atomic E-state index is -3.48. The summed E-state index contributed by atoms with van der Waals surface area (Å²) in [4.78, 5) is 16.5. The zero-order chi connectivity index (χ0) is 19.4. The van der Waals surface area contributed by atoms with E-state index in [0.29, 0.717) is 25.9 Å². The fraction of sp³-hybridized carbons (Fsp3) is 0.444. The fourth-order valence-corrected chi connectivity index (χ4v) is 4.32. The number of carbonyl (C=O) groups is 1. The van der Waals surface area contributed by atoms with Crippen LogP contribution in [0.25, 0.3) is 5.69 Å². The average molecular weight is 391 g/mol. The molecule has 2 aromatic rings. The fourth-order valence-electron chi connectivity index (χ4n) is 3.13. The summed E-state index contributed by atoms with van der Waals surface area (Å²) in [6, 6.07) is 7.85. The molecule has 1 atom stereocenters. The molecule has 0 aliphatic carbocycles. The minimum Gasteiger partial charge on any atom is -0.352 e. The number of carbonyl (C=O) groups excluding carboxylic acids is 1. The number of nitrogens with zero attached hydrogens (tertiary/aromatic N) is 4. The van der Waals surface area contributed by atoms with Crippen LogP contribution in [0.15, 0.2) is 43.0 Å². The third-order valence-electron chi connectivity index (χ3n) is 4.75. The van der Waals surface area contributed by atoms with Crippen LogP contribution < -0.4 is 5.32 Å². The molecular formula is C18H25N5O3S. The van der Waals surface area contributed by atoms with Crippen LogP contribution in [0.2, 0.25) is 0 Å². The Balaban J connectivity index is 1.56. The van der Waals surface area contributed by atoms with Gasteiger partial charge in [-0.25, -0.2) is 4.98 Å². The molecule has 9 heteroatoms. The third kappa shape index (κ3) is 4.55. The van der Waals surface area contributed by atoms with E-state index in [0.717, 1.165) is 11.3 Å². The van der Waals surface area contributed by atoms with Crippen LogP contribution in [0.4, 0.5) is 0 Å². The van der Waals surface area contributed by atoms with E-state index < -0.39 is 10.2 Å². The molecule has 0 radical (unpaired) electrons. The zero-order valence-electron chi connectivity index (χ0n) is 15.6. The van der Waals surface area contributed by atoms with Crippen molar-refractivity contribution in [2.75, 3.05) is 27.2 Å². The van der Waals surface area contributed by atoms with Gasteiger partial charge in [0.05, 0.1) is 12.2 Å². The minimum absolute atomic E-state index is 0.104. The van der Waals surface area contributed by atoms with Gasteiger partial charge in [0.25, 0.3) is 10.2 Å². The van der Waals surface area contributed by atoms with Gasteiger partial charge in [0, 0.05) is 51.8 Å². The second kappa shape index (κ2) is 8.20. The molecule has 1 amide bonds. The van der Waals surface area contributed by atoms with E-state index in [1.54, 1.807) is 12.5 Å². The second-order valence-corrected chi connectivity index (χ2v) is 8.98. The van der Waals surface area contributed by atoms with E-state index in [-0.39, 0.29) is 18.4 Å². The first-order valence-corrected chi connectivity index (χ1v) is 10.3. The van der Waals surface area contributed by atoms with Gasteiger partial charge in [0.2, 0.25) is 5.91 Å². The van der Waals surface area contributed by atoms with Gasteiger partial charge in [0.1, 0.15) is 0 Å². The third-order valence-corrected chi connectivity index (χ3v) is 6.66. The Bertz CT molecular complexity index is 863. The van der Waals surface area contributed by atoms with Crippen LogP contribution in [-0.2, 0) is 21.5 Å². The van der Waals surface area contributed by atoms with Gasteiger partial charge < -0.3 is 9.88 Å². The maximum atomic E-state index is 12.5. The number of aromatic nitrogens is 2. The molecule has 3 rings (SSSR count). The van der Waals surface area contributed by atoms with E-state index in [1.807, 2.05) is 35.0 Å². The topological polar surface area (TPSA) is 87.5 Å². The van der Waals surface area contributed by atoms with E-state index in [4.69, 9.17) is 0 Å². The highest BCUT2D eigenvalue weighted by Crippen LogP contribution is 2.20. The van der Waals surface area contributed by atoms with Crippen molar-refractivity contribution in [3.8, 4) is 5.69 Å². The van der Waals surface area contributed by atoms with Crippen LogP contribution in [-0.4, -0.2) is 59.7 Å². The summed E-state index contributed by atoms with van der Waals surface area (Å²) in [6.07, 6.45) is 6.70. The van der Waals surface area contributed by atoms with Crippen LogP contribution >= 0.6 is 0 Å². The number of amides is 1. The first-order valence-electron chi connectivity index (χ1n) is 8.90. The van der Waals surface area contributed by atoms with Gasteiger partial charge in [0.15, 0.2) is 0 Å². The maximum absolute atomic E-state index is 12.5. The molecule has 1 aromatic carbocycles. The lowest BCUT2D eigenvalue weighted by atomic mass is 9.99. The molecule has 8 nitrogen and oxygen atoms in total. The number of hydrogen-bond donors (Lipinski definition) is 1. The molecule has 146 valence electrons. The van der Waals surface area contributed by atoms with Crippen LogP contribution in [0, 0.1) is 5.92 Å². The van der Waals surface area contributed by atoms with Crippen LogP contribution in [0.3, 0.4) is 0 Å². The Morgan fingerprint density at radius 1 is 1.30 bits per heavy atom. The van der Waals surface area contributed by atoms with Crippen molar-refractivity contribution < 1.29 is 13.2 Å². The Labute approximate surface area is 160 Å².